The van der Waals surface area contributed by atoms with Crippen LogP contribution in [-0.4, -0.2) is 6.86 Å². The van der Waals surface area contributed by atoms with Crippen LogP contribution in [0.25, 0.3) is 0 Å². The van der Waals surface area contributed by atoms with Gasteiger partial charge in [-0.2, -0.15) is 0 Å². The van der Waals surface area contributed by atoms with Gasteiger partial charge in [-0.05, 0) is 44.0 Å². The minimum atomic E-state index is -1.04. The first-order valence-corrected chi connectivity index (χ1v) is 4.57. The summed E-state index contributed by atoms with van der Waals surface area (Å²) in [7, 11) is 0. The Kier molecular flexibility index (Phi) is 3.46. The van der Waals surface area contributed by atoms with Crippen LogP contribution in [0.2, 0.25) is 0 Å². The van der Waals surface area contributed by atoms with Gasteiger partial charge in [0, 0.05) is 4.47 Å². The van der Waals surface area contributed by atoms with Crippen LogP contribution in [0, 0.1) is 5.82 Å². The van der Waals surface area contributed by atoms with Crippen LogP contribution in [0.1, 0.15) is 0 Å². The van der Waals surface area contributed by atoms with E-state index in [1.165, 1.54) is 6.07 Å². The second-order valence-electron chi connectivity index (χ2n) is 1.93. The lowest BCUT2D eigenvalue weighted by molar-refractivity contribution is 0.184. The van der Waals surface area contributed by atoms with Gasteiger partial charge in [-0.25, -0.2) is 8.78 Å². The highest BCUT2D eigenvalue weighted by Crippen LogP contribution is 2.31. The van der Waals surface area contributed by atoms with Crippen molar-refractivity contribution in [3.63, 3.8) is 0 Å². The first-order valence-electron chi connectivity index (χ1n) is 2.99. The van der Waals surface area contributed by atoms with E-state index in [0.29, 0.717) is 4.47 Å². The molecular formula is C7H4Br2F2O. The van der Waals surface area contributed by atoms with Crippen LogP contribution in [0.5, 0.6) is 5.75 Å². The van der Waals surface area contributed by atoms with E-state index in [0.717, 1.165) is 0 Å². The van der Waals surface area contributed by atoms with E-state index in [-0.39, 0.29) is 10.2 Å². The number of halogens is 4. The van der Waals surface area contributed by atoms with Crippen molar-refractivity contribution in [1.29, 1.82) is 0 Å². The third-order valence-corrected chi connectivity index (χ3v) is 3.18. The number of hydrogen-bond acceptors (Lipinski definition) is 1. The topological polar surface area (TPSA) is 9.23 Å². The number of hydrogen-bond donors (Lipinski definition) is 0. The van der Waals surface area contributed by atoms with Gasteiger partial charge >= 0.3 is 0 Å². The minimum Gasteiger partial charge on any atom is -0.460 e. The van der Waals surface area contributed by atoms with Gasteiger partial charge in [0.2, 0.25) is 6.86 Å². The summed E-state index contributed by atoms with van der Waals surface area (Å²) in [5.74, 6) is -0.713. The van der Waals surface area contributed by atoms with Gasteiger partial charge in [0.1, 0.15) is 0 Å². The van der Waals surface area contributed by atoms with Crippen LogP contribution in [0.3, 0.4) is 0 Å². The maximum absolute atomic E-state index is 13.1. The minimum absolute atomic E-state index is 0.104. The Hall–Kier alpha value is -0.160. The normalized spacial score (nSPS) is 10.0. The Morgan fingerprint density at radius 3 is 2.58 bits per heavy atom. The molecule has 0 heterocycles. The fourth-order valence-electron chi connectivity index (χ4n) is 0.678. The molecule has 0 aliphatic carbocycles. The summed E-state index contributed by atoms with van der Waals surface area (Å²) in [6.07, 6.45) is 0. The maximum atomic E-state index is 13.1. The summed E-state index contributed by atoms with van der Waals surface area (Å²) in [6, 6.07) is 2.92. The molecule has 0 radical (unpaired) electrons. The van der Waals surface area contributed by atoms with Gasteiger partial charge in [0.15, 0.2) is 11.6 Å². The maximum Gasteiger partial charge on any atom is 0.228 e. The predicted octanol–water partition coefficient (Wildman–Crippen LogP) is 3.66. The van der Waals surface area contributed by atoms with Gasteiger partial charge < -0.3 is 4.74 Å². The van der Waals surface area contributed by atoms with E-state index in [4.69, 9.17) is 0 Å². The van der Waals surface area contributed by atoms with Crippen molar-refractivity contribution in [2.45, 2.75) is 0 Å². The van der Waals surface area contributed by atoms with E-state index in [9.17, 15) is 8.78 Å². The van der Waals surface area contributed by atoms with Gasteiger partial charge in [-0.1, -0.05) is 0 Å². The summed E-state index contributed by atoms with van der Waals surface area (Å²) in [5, 5.41) is 0. The molecule has 1 aromatic carbocycles. The lowest BCUT2D eigenvalue weighted by Gasteiger charge is -2.04. The number of benzene rings is 1. The molecule has 0 N–H and O–H groups in total. The van der Waals surface area contributed by atoms with Gasteiger partial charge in [-0.3, -0.25) is 0 Å². The molecule has 5 heteroatoms. The zero-order valence-electron chi connectivity index (χ0n) is 5.78. The Balaban J connectivity index is 3.08. The van der Waals surface area contributed by atoms with E-state index in [2.05, 4.69) is 36.6 Å². The molecule has 66 valence electrons. The zero-order valence-corrected chi connectivity index (χ0v) is 8.95. The van der Waals surface area contributed by atoms with Crippen molar-refractivity contribution in [1.82, 2.24) is 0 Å². The molecule has 0 spiro atoms. The average molecular weight is 302 g/mol. The van der Waals surface area contributed by atoms with Crippen LogP contribution < -0.4 is 4.74 Å². The molecular weight excluding hydrogens is 298 g/mol. The Morgan fingerprint density at radius 1 is 1.33 bits per heavy atom. The standard InChI is InChI=1S/C7H4Br2F2O/c8-4-1-2-5(12-3-10)7(11)6(4)9/h1-2H,3H2. The third kappa shape index (κ3) is 1.95. The first-order chi connectivity index (χ1) is 5.66. The van der Waals surface area contributed by atoms with Crippen molar-refractivity contribution in [2.24, 2.45) is 0 Å². The summed E-state index contributed by atoms with van der Waals surface area (Å²) < 4.78 is 29.9. The first kappa shape index (κ1) is 9.92. The molecule has 0 aliphatic heterocycles. The number of rotatable bonds is 2. The zero-order chi connectivity index (χ0) is 9.14. The van der Waals surface area contributed by atoms with Crippen molar-refractivity contribution in [3.05, 3.63) is 26.9 Å². The highest BCUT2D eigenvalue weighted by atomic mass is 79.9. The molecule has 1 nitrogen and oxygen atoms in total. The highest BCUT2D eigenvalue weighted by Gasteiger charge is 2.10. The SMILES string of the molecule is FCOc1ccc(Br)c(Br)c1F. The van der Waals surface area contributed by atoms with Gasteiger partial charge in [-0.15, -0.1) is 0 Å². The number of ether oxygens (including phenoxy) is 1. The molecule has 0 unspecified atom stereocenters. The highest BCUT2D eigenvalue weighted by molar-refractivity contribution is 9.13. The number of alkyl halides is 1. The van der Waals surface area contributed by atoms with Crippen LogP contribution >= 0.6 is 31.9 Å². The summed E-state index contributed by atoms with van der Waals surface area (Å²) in [5.41, 5.74) is 0. The third-order valence-electron chi connectivity index (χ3n) is 1.21. The van der Waals surface area contributed by atoms with E-state index < -0.39 is 12.7 Å². The van der Waals surface area contributed by atoms with Crippen molar-refractivity contribution in [2.75, 3.05) is 6.86 Å². The van der Waals surface area contributed by atoms with Crippen molar-refractivity contribution >= 4 is 31.9 Å². The second kappa shape index (κ2) is 4.18. The quantitative estimate of drug-likeness (QED) is 0.758. The smallest absolute Gasteiger partial charge is 0.228 e. The van der Waals surface area contributed by atoms with Crippen molar-refractivity contribution in [3.8, 4) is 5.75 Å². The molecule has 0 saturated heterocycles. The lowest BCUT2D eigenvalue weighted by atomic mass is 10.3. The van der Waals surface area contributed by atoms with E-state index >= 15 is 0 Å². The molecule has 0 aliphatic rings. The second-order valence-corrected chi connectivity index (χ2v) is 3.57. The lowest BCUT2D eigenvalue weighted by Crippen LogP contribution is -1.94. The summed E-state index contributed by atoms with van der Waals surface area (Å²) >= 11 is 6.07. The van der Waals surface area contributed by atoms with Gasteiger partial charge in [0.05, 0.1) is 4.47 Å². The molecule has 1 rings (SSSR count). The molecule has 0 saturated carbocycles. The Bertz CT molecular complexity index is 291. The monoisotopic (exact) mass is 300 g/mol. The fraction of sp³-hybridized carbons (Fsp3) is 0.143. The molecule has 0 aromatic heterocycles. The largest absolute Gasteiger partial charge is 0.460 e. The van der Waals surface area contributed by atoms with E-state index in [1.54, 1.807) is 6.07 Å². The predicted molar refractivity (Wildman–Crippen MR) is 48.4 cm³/mol. The van der Waals surface area contributed by atoms with E-state index in [1.807, 2.05) is 0 Å². The summed E-state index contributed by atoms with van der Waals surface area (Å²) in [4.78, 5) is 0. The molecule has 12 heavy (non-hydrogen) atoms. The molecule has 0 fully saturated rings. The molecule has 1 aromatic rings. The Labute approximate surface area is 85.0 Å². The van der Waals surface area contributed by atoms with Crippen LogP contribution in [-0.2, 0) is 0 Å². The van der Waals surface area contributed by atoms with Crippen molar-refractivity contribution < 1.29 is 13.5 Å². The summed E-state index contributed by atoms with van der Waals surface area (Å²) in [6.45, 7) is -1.04. The molecule has 0 atom stereocenters. The average Bonchev–Trinajstić information content (AvgIpc) is 2.07. The van der Waals surface area contributed by atoms with Crippen LogP contribution in [0.4, 0.5) is 8.78 Å². The molecule has 0 amide bonds. The van der Waals surface area contributed by atoms with Gasteiger partial charge in [0.25, 0.3) is 0 Å². The van der Waals surface area contributed by atoms with Crippen LogP contribution in [0.15, 0.2) is 21.1 Å². The molecule has 0 bridgehead atoms. The fourth-order valence-corrected chi connectivity index (χ4v) is 1.31. The Morgan fingerprint density at radius 2 is 2.00 bits per heavy atom.